The van der Waals surface area contributed by atoms with E-state index >= 15 is 0 Å². The molecule has 0 unspecified atom stereocenters. The van der Waals surface area contributed by atoms with Gasteiger partial charge in [0.2, 0.25) is 0 Å². The van der Waals surface area contributed by atoms with E-state index in [9.17, 15) is 4.79 Å². The molecule has 0 atom stereocenters. The minimum atomic E-state index is -0.941. The molecule has 0 aromatic carbocycles. The monoisotopic (exact) mass is 254 g/mol. The number of unbranched alkanes of at least 4 members (excludes halogenated alkanes) is 1. The fourth-order valence-electron chi connectivity index (χ4n) is 1.47. The lowest BCUT2D eigenvalue weighted by atomic mass is 10.2. The van der Waals surface area contributed by atoms with E-state index < -0.39 is 5.97 Å². The first kappa shape index (κ1) is 13.8. The molecule has 0 bridgehead atoms. The molecule has 2 N–H and O–H groups in total. The van der Waals surface area contributed by atoms with Crippen LogP contribution in [0.3, 0.4) is 0 Å². The van der Waals surface area contributed by atoms with Crippen molar-refractivity contribution in [1.82, 2.24) is 4.98 Å². The van der Waals surface area contributed by atoms with Crippen LogP contribution in [0.4, 0.5) is 5.69 Å². The van der Waals surface area contributed by atoms with Gasteiger partial charge < -0.3 is 10.4 Å². The van der Waals surface area contributed by atoms with Crippen LogP contribution in [-0.2, 0) is 0 Å². The zero-order valence-electron chi connectivity index (χ0n) is 10.2. The van der Waals surface area contributed by atoms with Gasteiger partial charge in [0.25, 0.3) is 0 Å². The van der Waals surface area contributed by atoms with E-state index in [0.717, 1.165) is 30.8 Å². The van der Waals surface area contributed by atoms with Gasteiger partial charge in [0.05, 0.1) is 5.69 Å². The highest BCUT2D eigenvalue weighted by Crippen LogP contribution is 2.15. The predicted octanol–water partition coefficient (Wildman–Crippen LogP) is 2.64. The maximum atomic E-state index is 11.0. The molecule has 1 rings (SSSR count). The number of hydrogen-bond acceptors (Lipinski definition) is 4. The molecule has 0 amide bonds. The molecule has 94 valence electrons. The molecular formula is C12H18N2O2S. The number of anilines is 1. The second kappa shape index (κ2) is 7.17. The lowest BCUT2D eigenvalue weighted by molar-refractivity contribution is 0.0697. The summed E-state index contributed by atoms with van der Waals surface area (Å²) in [5.74, 6) is 0.201. The van der Waals surface area contributed by atoms with Crippen LogP contribution in [0.15, 0.2) is 12.3 Å². The number of pyridine rings is 1. The number of nitrogens with zero attached hydrogens (tertiary/aromatic N) is 1. The molecule has 0 saturated heterocycles. The number of thioether (sulfide) groups is 1. The molecule has 1 aromatic heterocycles. The molecule has 1 heterocycles. The smallest absolute Gasteiger partial charge is 0.339 e. The largest absolute Gasteiger partial charge is 0.478 e. The van der Waals surface area contributed by atoms with Gasteiger partial charge in [-0.15, -0.1) is 0 Å². The molecule has 0 aliphatic rings. The standard InChI is InChI=1S/C12H18N2O2S/c1-9-7-11(10(8-14-9)12(15)16)13-5-3-4-6-17-2/h7-8H,3-6H2,1-2H3,(H,13,14)(H,15,16). The molecule has 1 aromatic rings. The molecular weight excluding hydrogens is 236 g/mol. The Morgan fingerprint density at radius 2 is 2.29 bits per heavy atom. The van der Waals surface area contributed by atoms with Gasteiger partial charge in [0.15, 0.2) is 0 Å². The Hall–Kier alpha value is -1.23. The molecule has 17 heavy (non-hydrogen) atoms. The van der Waals surface area contributed by atoms with Crippen molar-refractivity contribution in [2.45, 2.75) is 19.8 Å². The maximum Gasteiger partial charge on any atom is 0.339 e. The molecule has 0 aliphatic carbocycles. The number of hydrogen-bond donors (Lipinski definition) is 2. The first-order chi connectivity index (χ1) is 8.15. The number of carbonyl (C=O) groups is 1. The summed E-state index contributed by atoms with van der Waals surface area (Å²) in [5, 5.41) is 12.2. The van der Waals surface area contributed by atoms with Crippen molar-refractivity contribution in [1.29, 1.82) is 0 Å². The molecule has 0 spiro atoms. The Labute approximate surface area is 106 Å². The Bertz CT molecular complexity index is 383. The minimum Gasteiger partial charge on any atom is -0.478 e. The van der Waals surface area contributed by atoms with E-state index in [-0.39, 0.29) is 5.56 Å². The van der Waals surface area contributed by atoms with E-state index in [0.29, 0.717) is 5.69 Å². The average molecular weight is 254 g/mol. The van der Waals surface area contributed by atoms with Crippen molar-refractivity contribution in [2.75, 3.05) is 23.9 Å². The summed E-state index contributed by atoms with van der Waals surface area (Å²) in [7, 11) is 0. The van der Waals surface area contributed by atoms with Crippen LogP contribution in [0.25, 0.3) is 0 Å². The SMILES string of the molecule is CSCCCCNc1cc(C)ncc1C(=O)O. The van der Waals surface area contributed by atoms with Gasteiger partial charge in [-0.3, -0.25) is 4.98 Å². The molecule has 0 radical (unpaired) electrons. The van der Waals surface area contributed by atoms with Crippen LogP contribution >= 0.6 is 11.8 Å². The van der Waals surface area contributed by atoms with Crippen LogP contribution < -0.4 is 5.32 Å². The highest BCUT2D eigenvalue weighted by Gasteiger charge is 2.10. The number of carboxylic acid groups (broad SMARTS) is 1. The van der Waals surface area contributed by atoms with Crippen molar-refractivity contribution in [2.24, 2.45) is 0 Å². The van der Waals surface area contributed by atoms with Gasteiger partial charge >= 0.3 is 5.97 Å². The predicted molar refractivity (Wildman–Crippen MR) is 72.0 cm³/mol. The number of nitrogens with one attached hydrogen (secondary N) is 1. The topological polar surface area (TPSA) is 62.2 Å². The summed E-state index contributed by atoms with van der Waals surface area (Å²) in [5.41, 5.74) is 1.72. The van der Waals surface area contributed by atoms with Gasteiger partial charge in [-0.2, -0.15) is 11.8 Å². The second-order valence-corrected chi connectivity index (χ2v) is 4.79. The van der Waals surface area contributed by atoms with Crippen LogP contribution in [0.2, 0.25) is 0 Å². The second-order valence-electron chi connectivity index (χ2n) is 3.80. The van der Waals surface area contributed by atoms with Crippen LogP contribution in [0, 0.1) is 6.92 Å². The van der Waals surface area contributed by atoms with Gasteiger partial charge in [0, 0.05) is 18.4 Å². The quantitative estimate of drug-likeness (QED) is 0.732. The molecule has 0 fully saturated rings. The lowest BCUT2D eigenvalue weighted by Crippen LogP contribution is -2.09. The molecule has 0 aliphatic heterocycles. The average Bonchev–Trinajstić information content (AvgIpc) is 2.28. The maximum absolute atomic E-state index is 11.0. The highest BCUT2D eigenvalue weighted by atomic mass is 32.2. The Morgan fingerprint density at radius 3 is 2.94 bits per heavy atom. The van der Waals surface area contributed by atoms with Crippen molar-refractivity contribution >= 4 is 23.4 Å². The number of aryl methyl sites for hydroxylation is 1. The fraction of sp³-hybridized carbons (Fsp3) is 0.500. The summed E-state index contributed by atoms with van der Waals surface area (Å²) >= 11 is 1.83. The van der Waals surface area contributed by atoms with E-state index in [4.69, 9.17) is 5.11 Å². The summed E-state index contributed by atoms with van der Waals surface area (Å²) in [6.45, 7) is 2.65. The van der Waals surface area contributed by atoms with E-state index in [1.165, 1.54) is 6.20 Å². The lowest BCUT2D eigenvalue weighted by Gasteiger charge is -2.09. The van der Waals surface area contributed by atoms with Crippen LogP contribution in [0.1, 0.15) is 28.9 Å². The van der Waals surface area contributed by atoms with Crippen molar-refractivity contribution in [3.05, 3.63) is 23.5 Å². The van der Waals surface area contributed by atoms with E-state index in [2.05, 4.69) is 16.6 Å². The van der Waals surface area contributed by atoms with E-state index in [1.807, 2.05) is 18.7 Å². The summed E-state index contributed by atoms with van der Waals surface area (Å²) in [6.07, 6.45) is 5.67. The van der Waals surface area contributed by atoms with Crippen LogP contribution in [0.5, 0.6) is 0 Å². The van der Waals surface area contributed by atoms with Crippen molar-refractivity contribution in [3.8, 4) is 0 Å². The van der Waals surface area contributed by atoms with Gasteiger partial charge in [-0.1, -0.05) is 0 Å². The number of rotatable bonds is 7. The molecule has 5 heteroatoms. The summed E-state index contributed by atoms with van der Waals surface area (Å²) in [6, 6.07) is 1.78. The Balaban J connectivity index is 2.56. The van der Waals surface area contributed by atoms with Crippen molar-refractivity contribution < 1.29 is 9.90 Å². The first-order valence-electron chi connectivity index (χ1n) is 5.58. The third kappa shape index (κ3) is 4.65. The molecule has 0 saturated carbocycles. The molecule has 4 nitrogen and oxygen atoms in total. The third-order valence-corrected chi connectivity index (χ3v) is 3.06. The zero-order chi connectivity index (χ0) is 12.7. The fourth-order valence-corrected chi connectivity index (χ4v) is 1.96. The third-order valence-electron chi connectivity index (χ3n) is 2.36. The number of aromatic carboxylic acids is 1. The van der Waals surface area contributed by atoms with Gasteiger partial charge in [-0.25, -0.2) is 4.79 Å². The normalized spacial score (nSPS) is 10.2. The first-order valence-corrected chi connectivity index (χ1v) is 6.97. The Kier molecular flexibility index (Phi) is 5.83. The van der Waals surface area contributed by atoms with Crippen molar-refractivity contribution in [3.63, 3.8) is 0 Å². The minimum absolute atomic E-state index is 0.237. The highest BCUT2D eigenvalue weighted by molar-refractivity contribution is 7.98. The summed E-state index contributed by atoms with van der Waals surface area (Å²) in [4.78, 5) is 15.0. The number of carboxylic acids is 1. The number of aromatic nitrogens is 1. The van der Waals surface area contributed by atoms with Crippen LogP contribution in [-0.4, -0.2) is 34.6 Å². The Morgan fingerprint density at radius 1 is 1.53 bits per heavy atom. The summed E-state index contributed by atoms with van der Waals surface area (Å²) < 4.78 is 0. The van der Waals surface area contributed by atoms with Gasteiger partial charge in [0.1, 0.15) is 5.56 Å². The van der Waals surface area contributed by atoms with E-state index in [1.54, 1.807) is 6.07 Å². The van der Waals surface area contributed by atoms with Gasteiger partial charge in [-0.05, 0) is 37.8 Å². The zero-order valence-corrected chi connectivity index (χ0v) is 11.0.